The molecule has 0 aliphatic heterocycles. The molecule has 1 aromatic carbocycles. The minimum absolute atomic E-state index is 0. The molecular weight excluding hydrogens is 348 g/mol. The lowest BCUT2D eigenvalue weighted by Gasteiger charge is -2.16. The normalized spacial score (nSPS) is 11.8. The van der Waals surface area contributed by atoms with E-state index < -0.39 is 26.2 Å². The summed E-state index contributed by atoms with van der Waals surface area (Å²) in [4.78, 5) is 23.3. The second-order valence-electron chi connectivity index (χ2n) is 6.53. The van der Waals surface area contributed by atoms with Gasteiger partial charge in [0, 0.05) is 14.6 Å². The van der Waals surface area contributed by atoms with Crippen LogP contribution in [-0.2, 0) is 20.9 Å². The Morgan fingerprint density at radius 1 is 1.17 bits per heavy atom. The highest BCUT2D eigenvalue weighted by Crippen LogP contribution is 2.07. The average Bonchev–Trinajstić information content (AvgIpc) is 2.50. The van der Waals surface area contributed by atoms with Crippen molar-refractivity contribution in [3.63, 3.8) is 0 Å². The van der Waals surface area contributed by atoms with Crippen LogP contribution < -0.4 is 11.1 Å². The minimum Gasteiger partial charge on any atom is -0.460 e. The van der Waals surface area contributed by atoms with Gasteiger partial charge in [0.15, 0.2) is 0 Å². The Balaban J connectivity index is 0.00000529. The maximum absolute atomic E-state index is 11.7. The molecular formula is C16H27ClN2O4Si. The smallest absolute Gasteiger partial charge is 0.407 e. The standard InChI is InChI=1S/C16H26N2O4Si.ClH/c1-23(2,3)10-9-21-16(20)18-11-14(17)15(19)22-12-13-7-5-4-6-8-13;/h4-8,14H,9-12,17H2,1-3H3,(H,18,20);1H/t14-;/m1./s1. The van der Waals surface area contributed by atoms with E-state index in [0.717, 1.165) is 11.6 Å². The molecule has 3 N–H and O–H groups in total. The number of carbonyl (C=O) groups excluding carboxylic acids is 2. The van der Waals surface area contributed by atoms with E-state index in [9.17, 15) is 9.59 Å². The van der Waals surface area contributed by atoms with E-state index in [4.69, 9.17) is 15.2 Å². The summed E-state index contributed by atoms with van der Waals surface area (Å²) >= 11 is 0. The number of nitrogens with two attached hydrogens (primary N) is 1. The zero-order valence-electron chi connectivity index (χ0n) is 14.4. The minimum atomic E-state index is -1.23. The number of halogens is 1. The molecule has 0 bridgehead atoms. The van der Waals surface area contributed by atoms with Crippen molar-refractivity contribution < 1.29 is 19.1 Å². The third kappa shape index (κ3) is 10.2. The van der Waals surface area contributed by atoms with Gasteiger partial charge >= 0.3 is 12.1 Å². The SMILES string of the molecule is C[Si](C)(C)CCOC(=O)NC[C@@H](N)C(=O)OCc1ccccc1.Cl. The van der Waals surface area contributed by atoms with Gasteiger partial charge in [0.2, 0.25) is 0 Å². The van der Waals surface area contributed by atoms with E-state index in [-0.39, 0.29) is 25.6 Å². The molecule has 0 radical (unpaired) electrons. The van der Waals surface area contributed by atoms with E-state index >= 15 is 0 Å². The molecule has 24 heavy (non-hydrogen) atoms. The number of ether oxygens (including phenoxy) is 2. The van der Waals surface area contributed by atoms with Crippen LogP contribution in [0.1, 0.15) is 5.56 Å². The summed E-state index contributed by atoms with van der Waals surface area (Å²) in [6, 6.07) is 9.30. The number of esters is 1. The van der Waals surface area contributed by atoms with Gasteiger partial charge in [-0.2, -0.15) is 0 Å². The van der Waals surface area contributed by atoms with Crippen molar-refractivity contribution in [3.8, 4) is 0 Å². The molecule has 0 saturated heterocycles. The first-order valence-electron chi connectivity index (χ1n) is 7.65. The molecule has 0 aliphatic rings. The van der Waals surface area contributed by atoms with E-state index in [2.05, 4.69) is 25.0 Å². The van der Waals surface area contributed by atoms with Gasteiger partial charge in [0.25, 0.3) is 0 Å². The van der Waals surface area contributed by atoms with E-state index in [1.54, 1.807) is 0 Å². The van der Waals surface area contributed by atoms with Gasteiger partial charge in [0.05, 0.1) is 6.61 Å². The van der Waals surface area contributed by atoms with Gasteiger partial charge in [0.1, 0.15) is 12.6 Å². The Kier molecular flexibility index (Phi) is 10.3. The third-order valence-electron chi connectivity index (χ3n) is 3.08. The zero-order valence-corrected chi connectivity index (χ0v) is 16.2. The summed E-state index contributed by atoms with van der Waals surface area (Å²) in [5.74, 6) is -0.559. The molecule has 0 aliphatic carbocycles. The third-order valence-corrected chi connectivity index (χ3v) is 4.78. The molecule has 1 aromatic rings. The van der Waals surface area contributed by atoms with Gasteiger partial charge in [-0.05, 0) is 11.6 Å². The fourth-order valence-corrected chi connectivity index (χ4v) is 2.33. The van der Waals surface area contributed by atoms with Gasteiger partial charge in [-0.3, -0.25) is 4.79 Å². The molecule has 1 rings (SSSR count). The summed E-state index contributed by atoms with van der Waals surface area (Å²) in [6.07, 6.45) is -0.561. The number of hydrogen-bond donors (Lipinski definition) is 2. The number of hydrogen-bond acceptors (Lipinski definition) is 5. The highest BCUT2D eigenvalue weighted by atomic mass is 35.5. The number of benzene rings is 1. The molecule has 0 spiro atoms. The van der Waals surface area contributed by atoms with Crippen molar-refractivity contribution in [2.45, 2.75) is 38.3 Å². The van der Waals surface area contributed by atoms with Crippen molar-refractivity contribution in [2.24, 2.45) is 5.73 Å². The predicted molar refractivity (Wildman–Crippen MR) is 99.0 cm³/mol. The second-order valence-corrected chi connectivity index (χ2v) is 12.1. The zero-order chi connectivity index (χ0) is 17.3. The van der Waals surface area contributed by atoms with Crippen LogP contribution in [0.5, 0.6) is 0 Å². The van der Waals surface area contributed by atoms with Crippen LogP contribution >= 0.6 is 12.4 Å². The summed E-state index contributed by atoms with van der Waals surface area (Å²) in [7, 11) is -1.23. The summed E-state index contributed by atoms with van der Waals surface area (Å²) in [6.45, 7) is 7.13. The first kappa shape index (κ1) is 22.4. The Morgan fingerprint density at radius 3 is 2.38 bits per heavy atom. The lowest BCUT2D eigenvalue weighted by molar-refractivity contribution is -0.146. The van der Waals surface area contributed by atoms with Crippen LogP contribution in [-0.4, -0.2) is 39.3 Å². The molecule has 1 atom stereocenters. The Bertz CT molecular complexity index is 509. The Hall–Kier alpha value is -1.57. The molecule has 1 amide bonds. The van der Waals surface area contributed by atoms with Crippen molar-refractivity contribution in [1.82, 2.24) is 5.32 Å². The van der Waals surface area contributed by atoms with Crippen LogP contribution in [0.15, 0.2) is 30.3 Å². The predicted octanol–water partition coefficient (Wildman–Crippen LogP) is 2.54. The van der Waals surface area contributed by atoms with E-state index in [1.807, 2.05) is 30.3 Å². The molecule has 6 nitrogen and oxygen atoms in total. The first-order chi connectivity index (χ1) is 10.8. The van der Waals surface area contributed by atoms with Crippen LogP contribution in [0.3, 0.4) is 0 Å². The Labute approximate surface area is 150 Å². The maximum atomic E-state index is 11.7. The Morgan fingerprint density at radius 2 is 1.79 bits per heavy atom. The fraction of sp³-hybridized carbons (Fsp3) is 0.500. The topological polar surface area (TPSA) is 90.6 Å². The van der Waals surface area contributed by atoms with Crippen LogP contribution in [0.25, 0.3) is 0 Å². The van der Waals surface area contributed by atoms with Crippen molar-refractivity contribution >= 4 is 32.5 Å². The van der Waals surface area contributed by atoms with E-state index in [1.165, 1.54) is 0 Å². The molecule has 0 aromatic heterocycles. The van der Waals surface area contributed by atoms with Gasteiger partial charge in [-0.15, -0.1) is 12.4 Å². The number of carbonyl (C=O) groups is 2. The van der Waals surface area contributed by atoms with Gasteiger partial charge in [-0.1, -0.05) is 50.0 Å². The highest BCUT2D eigenvalue weighted by molar-refractivity contribution is 6.76. The van der Waals surface area contributed by atoms with Crippen LogP contribution in [0.2, 0.25) is 25.7 Å². The van der Waals surface area contributed by atoms with Gasteiger partial charge < -0.3 is 20.5 Å². The van der Waals surface area contributed by atoms with Crippen LogP contribution in [0.4, 0.5) is 4.79 Å². The van der Waals surface area contributed by atoms with Crippen molar-refractivity contribution in [1.29, 1.82) is 0 Å². The van der Waals surface area contributed by atoms with Crippen LogP contribution in [0, 0.1) is 0 Å². The molecule has 0 fully saturated rings. The average molecular weight is 375 g/mol. The number of alkyl carbamates (subject to hydrolysis) is 1. The second kappa shape index (κ2) is 11.1. The van der Waals surface area contributed by atoms with Crippen molar-refractivity contribution in [2.75, 3.05) is 13.2 Å². The van der Waals surface area contributed by atoms with Gasteiger partial charge in [-0.25, -0.2) is 4.79 Å². The largest absolute Gasteiger partial charge is 0.460 e. The molecule has 136 valence electrons. The molecule has 0 heterocycles. The summed E-state index contributed by atoms with van der Waals surface area (Å²) in [5.41, 5.74) is 6.57. The number of rotatable bonds is 8. The number of amides is 1. The maximum Gasteiger partial charge on any atom is 0.407 e. The summed E-state index contributed by atoms with van der Waals surface area (Å²) < 4.78 is 10.2. The number of nitrogens with one attached hydrogen (secondary N) is 1. The summed E-state index contributed by atoms with van der Waals surface area (Å²) in [5, 5.41) is 2.48. The quantitative estimate of drug-likeness (QED) is 0.539. The molecule has 8 heteroatoms. The molecule has 0 saturated carbocycles. The monoisotopic (exact) mass is 374 g/mol. The lowest BCUT2D eigenvalue weighted by atomic mass is 10.2. The van der Waals surface area contributed by atoms with Crippen molar-refractivity contribution in [3.05, 3.63) is 35.9 Å². The lowest BCUT2D eigenvalue weighted by Crippen LogP contribution is -2.43. The highest BCUT2D eigenvalue weighted by Gasteiger charge is 2.17. The molecule has 0 unspecified atom stereocenters. The van der Waals surface area contributed by atoms with E-state index in [0.29, 0.717) is 6.61 Å². The first-order valence-corrected chi connectivity index (χ1v) is 11.4. The fourth-order valence-electron chi connectivity index (χ4n) is 1.61.